The first-order valence-corrected chi connectivity index (χ1v) is 8.01. The zero-order valence-corrected chi connectivity index (χ0v) is 14.4. The normalized spacial score (nSPS) is 11.4. The number of aromatic nitrogens is 2. The van der Waals surface area contributed by atoms with E-state index in [-0.39, 0.29) is 6.61 Å². The van der Waals surface area contributed by atoms with Crippen LogP contribution in [0.5, 0.6) is 0 Å². The van der Waals surface area contributed by atoms with Gasteiger partial charge in [-0.3, -0.25) is 9.58 Å². The van der Waals surface area contributed by atoms with Crippen LogP contribution in [0.25, 0.3) is 0 Å². The van der Waals surface area contributed by atoms with Crippen LogP contribution in [0.3, 0.4) is 0 Å². The van der Waals surface area contributed by atoms with Crippen LogP contribution in [-0.2, 0) is 20.1 Å². The highest BCUT2D eigenvalue weighted by molar-refractivity contribution is 6.42. The van der Waals surface area contributed by atoms with Crippen LogP contribution in [0, 0.1) is 6.92 Å². The van der Waals surface area contributed by atoms with Gasteiger partial charge in [0.15, 0.2) is 0 Å². The first kappa shape index (κ1) is 17.3. The van der Waals surface area contributed by atoms with Crippen molar-refractivity contribution in [1.29, 1.82) is 0 Å². The quantitative estimate of drug-likeness (QED) is 0.838. The average Bonchev–Trinajstić information content (AvgIpc) is 2.78. The van der Waals surface area contributed by atoms with Crippen LogP contribution in [0.1, 0.15) is 23.2 Å². The molecule has 1 N–H and O–H groups in total. The molecular weight excluding hydrogens is 321 g/mol. The summed E-state index contributed by atoms with van der Waals surface area (Å²) in [5, 5.41) is 14.6. The molecule has 0 saturated carbocycles. The molecule has 2 aromatic rings. The summed E-state index contributed by atoms with van der Waals surface area (Å²) in [6.45, 7) is 4.55. The first-order chi connectivity index (χ1) is 10.5. The number of hydrogen-bond acceptors (Lipinski definition) is 3. The maximum absolute atomic E-state index is 9.10. The summed E-state index contributed by atoms with van der Waals surface area (Å²) in [6.07, 6.45) is 2.77. The SMILES string of the molecule is Cc1nn(C)cc1CN(CCCO)Cc1ccc(Cl)c(Cl)c1. The lowest BCUT2D eigenvalue weighted by molar-refractivity contribution is 0.212. The van der Waals surface area contributed by atoms with Gasteiger partial charge in [-0.1, -0.05) is 29.3 Å². The van der Waals surface area contributed by atoms with Crippen molar-refractivity contribution in [2.75, 3.05) is 13.2 Å². The van der Waals surface area contributed by atoms with E-state index in [1.54, 1.807) is 0 Å². The Balaban J connectivity index is 2.11. The minimum Gasteiger partial charge on any atom is -0.396 e. The Hall–Kier alpha value is -1.07. The second kappa shape index (κ2) is 7.97. The molecule has 1 aromatic carbocycles. The standard InChI is InChI=1S/C16H21Cl2N3O/c1-12-14(10-20(2)19-12)11-21(6-3-7-22)9-13-4-5-15(17)16(18)8-13/h4-5,8,10,22H,3,6-7,9,11H2,1-2H3. The van der Waals surface area contributed by atoms with Crippen LogP contribution in [0.2, 0.25) is 10.0 Å². The molecule has 1 aromatic heterocycles. The molecule has 0 saturated heterocycles. The van der Waals surface area contributed by atoms with Crippen molar-refractivity contribution in [1.82, 2.24) is 14.7 Å². The van der Waals surface area contributed by atoms with Crippen molar-refractivity contribution in [3.8, 4) is 0 Å². The summed E-state index contributed by atoms with van der Waals surface area (Å²) in [7, 11) is 1.92. The Kier molecular flexibility index (Phi) is 6.26. The van der Waals surface area contributed by atoms with Gasteiger partial charge < -0.3 is 5.11 Å². The molecule has 0 aliphatic rings. The third-order valence-corrected chi connectivity index (χ3v) is 4.27. The lowest BCUT2D eigenvalue weighted by Gasteiger charge is -2.22. The maximum atomic E-state index is 9.10. The number of aliphatic hydroxyl groups excluding tert-OH is 1. The van der Waals surface area contributed by atoms with Crippen molar-refractivity contribution in [2.24, 2.45) is 7.05 Å². The van der Waals surface area contributed by atoms with E-state index in [9.17, 15) is 0 Å². The molecular formula is C16H21Cl2N3O. The Morgan fingerprint density at radius 1 is 1.23 bits per heavy atom. The third-order valence-electron chi connectivity index (χ3n) is 3.53. The molecule has 0 aliphatic heterocycles. The van der Waals surface area contributed by atoms with Crippen molar-refractivity contribution in [3.63, 3.8) is 0 Å². The lowest BCUT2D eigenvalue weighted by Crippen LogP contribution is -2.25. The number of hydrogen-bond donors (Lipinski definition) is 1. The summed E-state index contributed by atoms with van der Waals surface area (Å²) >= 11 is 12.1. The van der Waals surface area contributed by atoms with E-state index in [0.29, 0.717) is 10.0 Å². The third kappa shape index (κ3) is 4.71. The molecule has 0 amide bonds. The van der Waals surface area contributed by atoms with Gasteiger partial charge in [-0.15, -0.1) is 0 Å². The summed E-state index contributed by atoms with van der Waals surface area (Å²) in [5.41, 5.74) is 3.33. The zero-order chi connectivity index (χ0) is 16.1. The van der Waals surface area contributed by atoms with E-state index in [4.69, 9.17) is 28.3 Å². The summed E-state index contributed by atoms with van der Waals surface area (Å²) in [4.78, 5) is 2.28. The van der Waals surface area contributed by atoms with Crippen LogP contribution in [0.4, 0.5) is 0 Å². The Bertz CT molecular complexity index is 628. The molecule has 0 aliphatic carbocycles. The molecule has 2 rings (SSSR count). The molecule has 0 unspecified atom stereocenters. The second-order valence-electron chi connectivity index (χ2n) is 5.45. The molecule has 1 heterocycles. The predicted octanol–water partition coefficient (Wildman–Crippen LogP) is 3.42. The van der Waals surface area contributed by atoms with Crippen LogP contribution >= 0.6 is 23.2 Å². The second-order valence-corrected chi connectivity index (χ2v) is 6.26. The lowest BCUT2D eigenvalue weighted by atomic mass is 10.2. The molecule has 0 atom stereocenters. The smallest absolute Gasteiger partial charge is 0.0638 e. The monoisotopic (exact) mass is 341 g/mol. The van der Waals surface area contributed by atoms with E-state index >= 15 is 0 Å². The van der Waals surface area contributed by atoms with Crippen molar-refractivity contribution in [2.45, 2.75) is 26.4 Å². The Morgan fingerprint density at radius 3 is 2.59 bits per heavy atom. The molecule has 6 heteroatoms. The fraction of sp³-hybridized carbons (Fsp3) is 0.438. The molecule has 120 valence electrons. The van der Waals surface area contributed by atoms with Gasteiger partial charge in [0, 0.05) is 45.0 Å². The van der Waals surface area contributed by atoms with Crippen LogP contribution in [0.15, 0.2) is 24.4 Å². The van der Waals surface area contributed by atoms with E-state index in [1.807, 2.05) is 43.0 Å². The molecule has 0 fully saturated rings. The molecule has 4 nitrogen and oxygen atoms in total. The fourth-order valence-corrected chi connectivity index (χ4v) is 2.77. The first-order valence-electron chi connectivity index (χ1n) is 7.26. The predicted molar refractivity (Wildman–Crippen MR) is 90.2 cm³/mol. The van der Waals surface area contributed by atoms with Gasteiger partial charge in [0.1, 0.15) is 0 Å². The van der Waals surface area contributed by atoms with Crippen LogP contribution in [-0.4, -0.2) is 32.9 Å². The van der Waals surface area contributed by atoms with Gasteiger partial charge in [0.05, 0.1) is 15.7 Å². The highest BCUT2D eigenvalue weighted by atomic mass is 35.5. The van der Waals surface area contributed by atoms with Gasteiger partial charge in [0.2, 0.25) is 0 Å². The van der Waals surface area contributed by atoms with E-state index in [0.717, 1.165) is 37.3 Å². The maximum Gasteiger partial charge on any atom is 0.0638 e. The van der Waals surface area contributed by atoms with Crippen molar-refractivity contribution < 1.29 is 5.11 Å². The number of halogens is 2. The molecule has 0 spiro atoms. The van der Waals surface area contributed by atoms with E-state index in [2.05, 4.69) is 10.00 Å². The van der Waals surface area contributed by atoms with Gasteiger partial charge in [-0.05, 0) is 31.0 Å². The number of aryl methyl sites for hydroxylation is 2. The summed E-state index contributed by atoms with van der Waals surface area (Å²) in [5.74, 6) is 0. The highest BCUT2D eigenvalue weighted by Gasteiger charge is 2.11. The minimum atomic E-state index is 0.184. The van der Waals surface area contributed by atoms with Crippen molar-refractivity contribution in [3.05, 3.63) is 51.3 Å². The zero-order valence-electron chi connectivity index (χ0n) is 12.9. The Labute approximate surface area is 141 Å². The number of aliphatic hydroxyl groups is 1. The summed E-state index contributed by atoms with van der Waals surface area (Å²) < 4.78 is 1.83. The molecule has 0 bridgehead atoms. The minimum absolute atomic E-state index is 0.184. The van der Waals surface area contributed by atoms with E-state index < -0.39 is 0 Å². The fourth-order valence-electron chi connectivity index (χ4n) is 2.45. The van der Waals surface area contributed by atoms with Gasteiger partial charge in [-0.2, -0.15) is 5.10 Å². The molecule has 0 radical (unpaired) electrons. The topological polar surface area (TPSA) is 41.3 Å². The number of benzene rings is 1. The van der Waals surface area contributed by atoms with Crippen LogP contribution < -0.4 is 0 Å². The van der Waals surface area contributed by atoms with Gasteiger partial charge in [-0.25, -0.2) is 0 Å². The Morgan fingerprint density at radius 2 is 2.00 bits per heavy atom. The van der Waals surface area contributed by atoms with Crippen molar-refractivity contribution >= 4 is 23.2 Å². The number of rotatable bonds is 7. The van der Waals surface area contributed by atoms with E-state index in [1.165, 1.54) is 5.56 Å². The largest absolute Gasteiger partial charge is 0.396 e. The molecule has 22 heavy (non-hydrogen) atoms. The average molecular weight is 342 g/mol. The summed E-state index contributed by atoms with van der Waals surface area (Å²) in [6, 6.07) is 5.70. The highest BCUT2D eigenvalue weighted by Crippen LogP contribution is 2.23. The number of nitrogens with zero attached hydrogens (tertiary/aromatic N) is 3. The van der Waals surface area contributed by atoms with Gasteiger partial charge >= 0.3 is 0 Å². The van der Waals surface area contributed by atoms with Gasteiger partial charge in [0.25, 0.3) is 0 Å².